The molecule has 2 aromatic carbocycles. The minimum Gasteiger partial charge on any atom is -0.458 e. The molecule has 0 amide bonds. The molecule has 0 aromatic heterocycles. The molecule has 1 saturated heterocycles. The van der Waals surface area contributed by atoms with E-state index in [9.17, 15) is 19.7 Å². The number of phosphoric ester groups is 1. The predicted octanol–water partition coefficient (Wildman–Crippen LogP) is 4.83. The van der Waals surface area contributed by atoms with Crippen LogP contribution in [0, 0.1) is 0 Å². The van der Waals surface area contributed by atoms with Gasteiger partial charge < -0.3 is 14.2 Å². The first-order valence-corrected chi connectivity index (χ1v) is 12.9. The molecule has 1 heterocycles. The van der Waals surface area contributed by atoms with E-state index < -0.39 is 50.4 Å². The van der Waals surface area contributed by atoms with E-state index in [0.717, 1.165) is 6.92 Å². The largest absolute Gasteiger partial charge is 0.477 e. The molecule has 0 N–H and O–H groups in total. The smallest absolute Gasteiger partial charge is 0.458 e. The monoisotopic (exact) mass is 533 g/mol. The summed E-state index contributed by atoms with van der Waals surface area (Å²) in [7, 11) is -4.37. The molecule has 0 spiro atoms. The minimum atomic E-state index is -4.37. The molecule has 13 heteroatoms. The molecule has 1 aliphatic heterocycles. The molecular weight excluding hydrogens is 505 g/mol. The summed E-state index contributed by atoms with van der Waals surface area (Å²) in [5.74, 6) is -1.39. The van der Waals surface area contributed by atoms with E-state index >= 15 is 0 Å². The van der Waals surface area contributed by atoms with Crippen LogP contribution in [0.25, 0.3) is 10.4 Å². The molecule has 2 aromatic rings. The molecular formula is C24H28N3O9P. The number of azide groups is 1. The maximum atomic E-state index is 13.8. The zero-order valence-corrected chi connectivity index (χ0v) is 21.4. The van der Waals surface area contributed by atoms with Gasteiger partial charge in [0.05, 0.1) is 19.3 Å². The van der Waals surface area contributed by atoms with Crippen LogP contribution in [0.15, 0.2) is 65.8 Å². The Balaban J connectivity index is 1.89. The second kappa shape index (κ2) is 13.3. The first-order chi connectivity index (χ1) is 17.7. The Morgan fingerprint density at radius 2 is 1.41 bits per heavy atom. The Morgan fingerprint density at radius 1 is 0.919 bits per heavy atom. The van der Waals surface area contributed by atoms with Crippen LogP contribution in [0.1, 0.15) is 31.9 Å². The highest BCUT2D eigenvalue weighted by Gasteiger charge is 2.51. The standard InChI is InChI=1S/C24H28N3O9P/c1-16-22(34-17(2)28)23(35-18(3)29)21(26-27-25)24(33-16)36-37(30,31-14-19-10-6-4-7-11-19)32-15-20-12-8-5-9-13-20/h4-13,16,21-24H,14-15H2,1-3H3/t16-,21-,22+,23-,24+/m0/s1. The number of benzene rings is 2. The minimum absolute atomic E-state index is 0.120. The van der Waals surface area contributed by atoms with E-state index in [2.05, 4.69) is 10.0 Å². The summed E-state index contributed by atoms with van der Waals surface area (Å²) < 4.78 is 47.1. The predicted molar refractivity (Wildman–Crippen MR) is 130 cm³/mol. The summed E-state index contributed by atoms with van der Waals surface area (Å²) in [5, 5.41) is 3.64. The SMILES string of the molecule is CC(=O)O[C@H]1[C@H](N=[N+]=[N-])[C@@H](OP(=O)(OCc2ccccc2)OCc2ccccc2)O[C@@H](C)[C@H]1OC(C)=O. The lowest BCUT2D eigenvalue weighted by Gasteiger charge is -2.42. The third-order valence-electron chi connectivity index (χ3n) is 5.24. The van der Waals surface area contributed by atoms with Gasteiger partial charge in [0.15, 0.2) is 18.5 Å². The van der Waals surface area contributed by atoms with E-state index in [1.165, 1.54) is 13.8 Å². The summed E-state index contributed by atoms with van der Waals surface area (Å²) in [5.41, 5.74) is 10.6. The number of carbonyl (C=O) groups is 2. The van der Waals surface area contributed by atoms with E-state index in [0.29, 0.717) is 11.1 Å². The number of esters is 2. The molecule has 0 aliphatic carbocycles. The van der Waals surface area contributed by atoms with Crippen LogP contribution in [0.2, 0.25) is 0 Å². The maximum absolute atomic E-state index is 13.8. The van der Waals surface area contributed by atoms with Crippen LogP contribution >= 0.6 is 7.82 Å². The van der Waals surface area contributed by atoms with Crippen LogP contribution < -0.4 is 0 Å². The van der Waals surface area contributed by atoms with Gasteiger partial charge in [0.25, 0.3) is 0 Å². The number of phosphoric acid groups is 1. The van der Waals surface area contributed by atoms with Crippen molar-refractivity contribution in [2.75, 3.05) is 0 Å². The fourth-order valence-electron chi connectivity index (χ4n) is 3.62. The summed E-state index contributed by atoms with van der Waals surface area (Å²) in [4.78, 5) is 26.3. The highest BCUT2D eigenvalue weighted by molar-refractivity contribution is 7.48. The number of nitrogens with zero attached hydrogens (tertiary/aromatic N) is 3. The van der Waals surface area contributed by atoms with Crippen molar-refractivity contribution >= 4 is 19.8 Å². The van der Waals surface area contributed by atoms with Gasteiger partial charge in [-0.15, -0.1) is 0 Å². The van der Waals surface area contributed by atoms with E-state index in [1.54, 1.807) is 48.5 Å². The number of ether oxygens (including phenoxy) is 3. The fraction of sp³-hybridized carbons (Fsp3) is 0.417. The first-order valence-electron chi connectivity index (χ1n) is 11.4. The second-order valence-electron chi connectivity index (χ2n) is 8.12. The van der Waals surface area contributed by atoms with Gasteiger partial charge in [0.1, 0.15) is 6.04 Å². The number of carbonyl (C=O) groups excluding carboxylic acids is 2. The van der Waals surface area contributed by atoms with Gasteiger partial charge >= 0.3 is 19.8 Å². The van der Waals surface area contributed by atoms with Gasteiger partial charge in [-0.2, -0.15) is 0 Å². The Morgan fingerprint density at radius 3 is 1.86 bits per heavy atom. The van der Waals surface area contributed by atoms with Gasteiger partial charge in [0, 0.05) is 18.8 Å². The van der Waals surface area contributed by atoms with Crippen molar-refractivity contribution in [1.82, 2.24) is 0 Å². The Bertz CT molecular complexity index is 1100. The van der Waals surface area contributed by atoms with Gasteiger partial charge in [-0.25, -0.2) is 4.57 Å². The molecule has 37 heavy (non-hydrogen) atoms. The van der Waals surface area contributed by atoms with Crippen LogP contribution in [0.3, 0.4) is 0 Å². The average molecular weight is 533 g/mol. The molecule has 198 valence electrons. The van der Waals surface area contributed by atoms with Crippen molar-refractivity contribution in [3.63, 3.8) is 0 Å². The number of rotatable bonds is 11. The van der Waals surface area contributed by atoms with Gasteiger partial charge in [-0.1, -0.05) is 65.8 Å². The Labute approximate surface area is 214 Å². The van der Waals surface area contributed by atoms with E-state index in [4.69, 9.17) is 27.8 Å². The molecule has 1 fully saturated rings. The van der Waals surface area contributed by atoms with Crippen molar-refractivity contribution in [1.29, 1.82) is 0 Å². The second-order valence-corrected chi connectivity index (χ2v) is 9.75. The molecule has 0 bridgehead atoms. The molecule has 12 nitrogen and oxygen atoms in total. The highest BCUT2D eigenvalue weighted by atomic mass is 31.2. The molecule has 0 unspecified atom stereocenters. The lowest BCUT2D eigenvalue weighted by molar-refractivity contribution is -0.245. The summed E-state index contributed by atoms with van der Waals surface area (Å²) in [6.07, 6.45) is -4.84. The lowest BCUT2D eigenvalue weighted by Crippen LogP contribution is -2.59. The summed E-state index contributed by atoms with van der Waals surface area (Å²) in [6.45, 7) is 3.61. The zero-order valence-electron chi connectivity index (χ0n) is 20.5. The Kier molecular flexibility index (Phi) is 10.2. The molecule has 0 saturated carbocycles. The lowest BCUT2D eigenvalue weighted by atomic mass is 9.97. The van der Waals surface area contributed by atoms with Crippen molar-refractivity contribution in [3.8, 4) is 0 Å². The van der Waals surface area contributed by atoms with Gasteiger partial charge in [-0.3, -0.25) is 23.2 Å². The topological polar surface area (TPSA) is 155 Å². The van der Waals surface area contributed by atoms with Crippen molar-refractivity contribution < 1.29 is 41.9 Å². The Hall–Kier alpha value is -3.24. The fourth-order valence-corrected chi connectivity index (χ4v) is 4.86. The highest BCUT2D eigenvalue weighted by Crippen LogP contribution is 2.53. The molecule has 0 radical (unpaired) electrons. The number of hydrogen-bond donors (Lipinski definition) is 0. The van der Waals surface area contributed by atoms with Gasteiger partial charge in [-0.05, 0) is 23.6 Å². The van der Waals surface area contributed by atoms with Crippen molar-refractivity contribution in [2.45, 2.75) is 64.6 Å². The van der Waals surface area contributed by atoms with Gasteiger partial charge in [0.2, 0.25) is 0 Å². The van der Waals surface area contributed by atoms with E-state index in [1.807, 2.05) is 12.1 Å². The molecule has 3 rings (SSSR count). The maximum Gasteiger partial charge on any atom is 0.477 e. The van der Waals surface area contributed by atoms with Crippen LogP contribution in [0.4, 0.5) is 0 Å². The van der Waals surface area contributed by atoms with Crippen LogP contribution in [0.5, 0.6) is 0 Å². The molecule has 5 atom stereocenters. The quantitative estimate of drug-likeness (QED) is 0.130. The number of hydrogen-bond acceptors (Lipinski definition) is 10. The summed E-state index contributed by atoms with van der Waals surface area (Å²) >= 11 is 0. The zero-order chi connectivity index (χ0) is 26.8. The van der Waals surface area contributed by atoms with Crippen molar-refractivity contribution in [2.24, 2.45) is 5.11 Å². The average Bonchev–Trinajstić information content (AvgIpc) is 2.87. The molecule has 1 aliphatic rings. The first kappa shape index (κ1) is 28.3. The third kappa shape index (κ3) is 8.40. The van der Waals surface area contributed by atoms with Crippen molar-refractivity contribution in [3.05, 3.63) is 82.2 Å². The summed E-state index contributed by atoms with van der Waals surface area (Å²) in [6, 6.07) is 16.5. The third-order valence-corrected chi connectivity index (χ3v) is 6.59. The normalized spacial score (nSPS) is 23.5. The van der Waals surface area contributed by atoms with Crippen LogP contribution in [-0.2, 0) is 55.1 Å². The van der Waals surface area contributed by atoms with Crippen LogP contribution in [-0.4, -0.2) is 42.6 Å². The van der Waals surface area contributed by atoms with E-state index in [-0.39, 0.29) is 13.2 Å².